The number of rotatable bonds is 2. The fourth-order valence-electron chi connectivity index (χ4n) is 1.73. The van der Waals surface area contributed by atoms with Gasteiger partial charge in [0, 0.05) is 4.47 Å². The predicted molar refractivity (Wildman–Crippen MR) is 66.4 cm³/mol. The topological polar surface area (TPSA) is 26.0 Å². The van der Waals surface area contributed by atoms with Crippen molar-refractivity contribution in [1.29, 1.82) is 0 Å². The Bertz CT molecular complexity index is 628. The van der Waals surface area contributed by atoms with Crippen LogP contribution in [0.2, 0.25) is 0 Å². The van der Waals surface area contributed by atoms with Crippen LogP contribution in [0.5, 0.6) is 0 Å². The third kappa shape index (κ3) is 2.43. The van der Waals surface area contributed by atoms with E-state index in [1.54, 1.807) is 12.1 Å². The maximum Gasteiger partial charge on any atom is 0.200 e. The van der Waals surface area contributed by atoms with Crippen molar-refractivity contribution in [1.82, 2.24) is 0 Å². The van der Waals surface area contributed by atoms with Crippen molar-refractivity contribution in [2.45, 2.75) is 6.04 Å². The van der Waals surface area contributed by atoms with Gasteiger partial charge in [0.1, 0.15) is 0 Å². The molecule has 0 aliphatic rings. The van der Waals surface area contributed by atoms with Crippen LogP contribution in [0.25, 0.3) is 0 Å². The van der Waals surface area contributed by atoms with Gasteiger partial charge >= 0.3 is 0 Å². The first-order chi connectivity index (χ1) is 9.34. The van der Waals surface area contributed by atoms with Crippen LogP contribution in [0.4, 0.5) is 22.0 Å². The van der Waals surface area contributed by atoms with E-state index in [-0.39, 0.29) is 5.56 Å². The second-order valence-electron chi connectivity index (χ2n) is 4.01. The molecular weight excluding hydrogens is 345 g/mol. The second-order valence-corrected chi connectivity index (χ2v) is 4.93. The van der Waals surface area contributed by atoms with Crippen LogP contribution >= 0.6 is 15.9 Å². The van der Waals surface area contributed by atoms with E-state index >= 15 is 0 Å². The first kappa shape index (κ1) is 14.9. The molecule has 0 spiro atoms. The lowest BCUT2D eigenvalue weighted by molar-refractivity contribution is 0.367. The van der Waals surface area contributed by atoms with Crippen LogP contribution in [-0.4, -0.2) is 0 Å². The Kier molecular flexibility index (Phi) is 4.10. The molecule has 0 saturated carbocycles. The summed E-state index contributed by atoms with van der Waals surface area (Å²) < 4.78 is 67.1. The molecule has 0 aromatic heterocycles. The lowest BCUT2D eigenvalue weighted by atomic mass is 9.98. The van der Waals surface area contributed by atoms with Gasteiger partial charge in [-0.25, -0.2) is 22.0 Å². The average molecular weight is 352 g/mol. The van der Waals surface area contributed by atoms with Crippen LogP contribution in [0.3, 0.4) is 0 Å². The van der Waals surface area contributed by atoms with Gasteiger partial charge in [-0.1, -0.05) is 28.1 Å². The van der Waals surface area contributed by atoms with Crippen molar-refractivity contribution in [2.75, 3.05) is 0 Å². The Hall–Kier alpha value is -1.47. The second kappa shape index (κ2) is 5.49. The van der Waals surface area contributed by atoms with E-state index in [4.69, 9.17) is 5.73 Å². The van der Waals surface area contributed by atoms with E-state index in [0.29, 0.717) is 4.47 Å². The molecule has 7 heteroatoms. The van der Waals surface area contributed by atoms with Crippen molar-refractivity contribution < 1.29 is 22.0 Å². The van der Waals surface area contributed by atoms with Crippen molar-refractivity contribution in [3.05, 3.63) is 69.0 Å². The summed E-state index contributed by atoms with van der Waals surface area (Å²) >= 11 is 3.15. The van der Waals surface area contributed by atoms with Gasteiger partial charge in [-0.05, 0) is 17.7 Å². The highest BCUT2D eigenvalue weighted by Crippen LogP contribution is 2.30. The summed E-state index contributed by atoms with van der Waals surface area (Å²) in [6.45, 7) is 0. The van der Waals surface area contributed by atoms with E-state index in [0.717, 1.165) is 0 Å². The normalized spacial score (nSPS) is 12.6. The highest BCUT2D eigenvalue weighted by atomic mass is 79.9. The summed E-state index contributed by atoms with van der Waals surface area (Å²) in [5.74, 6) is -10.1. The number of hydrogen-bond acceptors (Lipinski definition) is 1. The molecule has 0 aliphatic carbocycles. The summed E-state index contributed by atoms with van der Waals surface area (Å²) in [4.78, 5) is 0. The molecule has 20 heavy (non-hydrogen) atoms. The quantitative estimate of drug-likeness (QED) is 0.490. The van der Waals surface area contributed by atoms with Gasteiger partial charge in [-0.15, -0.1) is 0 Å². The van der Waals surface area contributed by atoms with Crippen molar-refractivity contribution in [3.63, 3.8) is 0 Å². The monoisotopic (exact) mass is 351 g/mol. The smallest absolute Gasteiger partial charge is 0.200 e. The minimum atomic E-state index is -2.20. The minimum Gasteiger partial charge on any atom is -0.320 e. The number of halogens is 6. The number of benzene rings is 2. The van der Waals surface area contributed by atoms with Gasteiger partial charge in [0.2, 0.25) is 5.82 Å². The summed E-state index contributed by atoms with van der Waals surface area (Å²) in [7, 11) is 0. The lowest BCUT2D eigenvalue weighted by Gasteiger charge is -2.15. The van der Waals surface area contributed by atoms with Gasteiger partial charge in [0.25, 0.3) is 0 Å². The van der Waals surface area contributed by atoms with Crippen LogP contribution in [0, 0.1) is 29.1 Å². The van der Waals surface area contributed by atoms with E-state index in [2.05, 4.69) is 15.9 Å². The zero-order valence-electron chi connectivity index (χ0n) is 9.73. The fraction of sp³-hybridized carbons (Fsp3) is 0.0769. The lowest BCUT2D eigenvalue weighted by Crippen LogP contribution is -2.19. The van der Waals surface area contributed by atoms with Crippen LogP contribution < -0.4 is 5.73 Å². The zero-order valence-corrected chi connectivity index (χ0v) is 11.3. The Morgan fingerprint density at radius 3 is 1.60 bits per heavy atom. The molecule has 106 valence electrons. The van der Waals surface area contributed by atoms with Crippen LogP contribution in [-0.2, 0) is 0 Å². The Balaban J connectivity index is 2.60. The van der Waals surface area contributed by atoms with Gasteiger partial charge in [0.15, 0.2) is 23.3 Å². The largest absolute Gasteiger partial charge is 0.320 e. The number of hydrogen-bond donors (Lipinski definition) is 1. The molecule has 0 radical (unpaired) electrons. The SMILES string of the molecule is NC(c1ccc(Br)cc1)c1c(F)c(F)c(F)c(F)c1F. The Labute approximate surface area is 119 Å². The molecule has 1 unspecified atom stereocenters. The maximum atomic E-state index is 13.6. The average Bonchev–Trinajstić information content (AvgIpc) is 2.44. The van der Waals surface area contributed by atoms with Crippen LogP contribution in [0.15, 0.2) is 28.7 Å². The molecule has 0 bridgehead atoms. The standard InChI is InChI=1S/C13H7BrF5N/c14-6-3-1-5(2-4-6)13(20)7-8(15)10(17)12(19)11(18)9(7)16/h1-4,13H,20H2. The third-order valence-electron chi connectivity index (χ3n) is 2.78. The Morgan fingerprint density at radius 1 is 0.750 bits per heavy atom. The van der Waals surface area contributed by atoms with Gasteiger partial charge in [-0.2, -0.15) is 0 Å². The Morgan fingerprint density at radius 2 is 1.15 bits per heavy atom. The molecule has 2 aromatic carbocycles. The van der Waals surface area contributed by atoms with Crippen molar-refractivity contribution in [2.24, 2.45) is 5.73 Å². The van der Waals surface area contributed by atoms with E-state index in [9.17, 15) is 22.0 Å². The van der Waals surface area contributed by atoms with E-state index in [1.165, 1.54) is 12.1 Å². The molecule has 1 atom stereocenters. The molecule has 2 N–H and O–H groups in total. The molecule has 1 nitrogen and oxygen atoms in total. The molecule has 2 rings (SSSR count). The zero-order chi connectivity index (χ0) is 15.0. The molecular formula is C13H7BrF5N. The van der Waals surface area contributed by atoms with Crippen LogP contribution in [0.1, 0.15) is 17.2 Å². The molecule has 0 fully saturated rings. The molecule has 0 saturated heterocycles. The summed E-state index contributed by atoms with van der Waals surface area (Å²) in [5, 5.41) is 0. The summed E-state index contributed by atoms with van der Waals surface area (Å²) in [6, 6.07) is 4.47. The predicted octanol–water partition coefficient (Wildman–Crippen LogP) is 4.19. The third-order valence-corrected chi connectivity index (χ3v) is 3.31. The molecule has 0 amide bonds. The van der Waals surface area contributed by atoms with Crippen molar-refractivity contribution >= 4 is 15.9 Å². The molecule has 2 aromatic rings. The van der Waals surface area contributed by atoms with Gasteiger partial charge in [-0.3, -0.25) is 0 Å². The summed E-state index contributed by atoms with van der Waals surface area (Å²) in [6.07, 6.45) is 0. The highest BCUT2D eigenvalue weighted by molar-refractivity contribution is 9.10. The minimum absolute atomic E-state index is 0.219. The molecule has 0 aliphatic heterocycles. The van der Waals surface area contributed by atoms with Gasteiger partial charge < -0.3 is 5.73 Å². The maximum absolute atomic E-state index is 13.6. The van der Waals surface area contributed by atoms with Crippen molar-refractivity contribution in [3.8, 4) is 0 Å². The molecule has 0 heterocycles. The fourth-order valence-corrected chi connectivity index (χ4v) is 2.00. The number of nitrogens with two attached hydrogens (primary N) is 1. The first-order valence-electron chi connectivity index (χ1n) is 5.37. The van der Waals surface area contributed by atoms with E-state index in [1.807, 2.05) is 0 Å². The summed E-state index contributed by atoms with van der Waals surface area (Å²) in [5.41, 5.74) is 4.77. The van der Waals surface area contributed by atoms with E-state index < -0.39 is 40.7 Å². The van der Waals surface area contributed by atoms with Gasteiger partial charge in [0.05, 0.1) is 11.6 Å². The first-order valence-corrected chi connectivity index (χ1v) is 6.16. The highest BCUT2D eigenvalue weighted by Gasteiger charge is 2.29.